The van der Waals surface area contributed by atoms with Crippen molar-refractivity contribution in [3.8, 4) is 12.3 Å². The van der Waals surface area contributed by atoms with E-state index in [4.69, 9.17) is 6.42 Å². The van der Waals surface area contributed by atoms with Crippen molar-refractivity contribution in [1.29, 1.82) is 0 Å². The summed E-state index contributed by atoms with van der Waals surface area (Å²) >= 11 is 0. The summed E-state index contributed by atoms with van der Waals surface area (Å²) in [4.78, 5) is 20.3. The molecule has 0 unspecified atom stereocenters. The lowest BCUT2D eigenvalue weighted by molar-refractivity contribution is 0.684. The topological polar surface area (TPSA) is 101 Å². The van der Waals surface area contributed by atoms with E-state index in [1.807, 2.05) is 11.0 Å². The van der Waals surface area contributed by atoms with Crippen LogP contribution in [0.3, 0.4) is 0 Å². The van der Waals surface area contributed by atoms with Crippen molar-refractivity contribution in [2.45, 2.75) is 17.7 Å². The zero-order valence-electron chi connectivity index (χ0n) is 16.2. The number of aryl methyl sites for hydroxylation is 1. The van der Waals surface area contributed by atoms with Crippen LogP contribution in [0.4, 0.5) is 11.8 Å². The Hall–Kier alpha value is -2.64. The molecule has 2 aromatic rings. The summed E-state index contributed by atoms with van der Waals surface area (Å²) < 4.78 is 28.8. The second-order valence-electron chi connectivity index (χ2n) is 7.06. The highest BCUT2D eigenvalue weighted by Gasteiger charge is 2.28. The summed E-state index contributed by atoms with van der Waals surface area (Å²) in [6.07, 6.45) is 15.1. The molecule has 4 heterocycles. The van der Waals surface area contributed by atoms with Gasteiger partial charge in [0.15, 0.2) is 11.6 Å². The highest BCUT2D eigenvalue weighted by atomic mass is 32.2. The number of aromatic nitrogens is 4. The highest BCUT2D eigenvalue weighted by Crippen LogP contribution is 2.33. The Bertz CT molecular complexity index is 1180. The summed E-state index contributed by atoms with van der Waals surface area (Å²) in [5.41, 5.74) is 2.43. The Kier molecular flexibility index (Phi) is 5.19. The molecule has 0 radical (unpaired) electrons. The Labute approximate surface area is 172 Å². The molecule has 150 valence electrons. The van der Waals surface area contributed by atoms with Crippen molar-refractivity contribution in [3.05, 3.63) is 35.6 Å². The molecule has 0 aromatic carbocycles. The van der Waals surface area contributed by atoms with E-state index in [2.05, 4.69) is 30.2 Å². The van der Waals surface area contributed by atoms with Crippen molar-refractivity contribution in [3.63, 3.8) is 0 Å². The number of hydrogen-bond acceptors (Lipinski definition) is 8. The molecule has 0 saturated heterocycles. The van der Waals surface area contributed by atoms with Crippen molar-refractivity contribution in [1.82, 2.24) is 19.9 Å². The average Bonchev–Trinajstić information content (AvgIpc) is 3.08. The van der Waals surface area contributed by atoms with Crippen LogP contribution < -0.4 is 4.90 Å². The summed E-state index contributed by atoms with van der Waals surface area (Å²) in [5, 5.41) is 0. The molecule has 0 spiro atoms. The van der Waals surface area contributed by atoms with E-state index in [0.717, 1.165) is 17.7 Å². The molecule has 2 aliphatic heterocycles. The summed E-state index contributed by atoms with van der Waals surface area (Å²) in [5.74, 6) is 4.49. The van der Waals surface area contributed by atoms with Crippen LogP contribution in [0.2, 0.25) is 0 Å². The van der Waals surface area contributed by atoms with Gasteiger partial charge in [-0.2, -0.15) is 9.35 Å². The SMILES string of the molecule is C#Cc1cnc(C2=CCN(c3nc4c(c(N=S(C)(C)=O)n3)[S@](=O)CC4)CC2)nc1. The predicted octanol–water partition coefficient (Wildman–Crippen LogP) is 1.56. The number of anilines is 1. The number of terminal acetylenes is 1. The van der Waals surface area contributed by atoms with E-state index in [-0.39, 0.29) is 0 Å². The molecule has 4 rings (SSSR count). The first-order valence-electron chi connectivity index (χ1n) is 9.03. The van der Waals surface area contributed by atoms with Gasteiger partial charge in [0, 0.05) is 59.9 Å². The van der Waals surface area contributed by atoms with Crippen LogP contribution in [0.1, 0.15) is 23.5 Å². The van der Waals surface area contributed by atoms with Gasteiger partial charge in [0.25, 0.3) is 0 Å². The van der Waals surface area contributed by atoms with E-state index in [0.29, 0.717) is 53.3 Å². The zero-order valence-corrected chi connectivity index (χ0v) is 17.8. The molecule has 0 saturated carbocycles. The van der Waals surface area contributed by atoms with Crippen LogP contribution in [0.15, 0.2) is 27.7 Å². The maximum atomic E-state index is 12.3. The minimum absolute atomic E-state index is 0.291. The molecule has 8 nitrogen and oxygen atoms in total. The van der Waals surface area contributed by atoms with Crippen molar-refractivity contribution in [2.24, 2.45) is 4.36 Å². The van der Waals surface area contributed by atoms with Crippen molar-refractivity contribution < 1.29 is 8.42 Å². The Morgan fingerprint density at radius 2 is 2.00 bits per heavy atom. The second-order valence-corrected chi connectivity index (χ2v) is 11.1. The minimum atomic E-state index is -2.43. The van der Waals surface area contributed by atoms with Gasteiger partial charge < -0.3 is 4.90 Å². The van der Waals surface area contributed by atoms with E-state index in [1.165, 1.54) is 0 Å². The van der Waals surface area contributed by atoms with Crippen LogP contribution in [-0.2, 0) is 26.9 Å². The molecule has 2 aliphatic rings. The van der Waals surface area contributed by atoms with Gasteiger partial charge in [-0.25, -0.2) is 19.2 Å². The van der Waals surface area contributed by atoms with Gasteiger partial charge in [-0.3, -0.25) is 4.21 Å². The Balaban J connectivity index is 1.64. The first-order valence-corrected chi connectivity index (χ1v) is 12.7. The van der Waals surface area contributed by atoms with Gasteiger partial charge >= 0.3 is 0 Å². The number of fused-ring (bicyclic) bond motifs is 1. The molecular weight excluding hydrogens is 408 g/mol. The maximum Gasteiger partial charge on any atom is 0.228 e. The number of rotatable bonds is 3. The molecule has 10 heteroatoms. The smallest absolute Gasteiger partial charge is 0.228 e. The van der Waals surface area contributed by atoms with Crippen LogP contribution in [0, 0.1) is 12.3 Å². The standard InChI is InChI=1S/C19H20N6O2S2/c1-4-13-11-20-17(21-12-13)14-5-8-25(9-6-14)19-22-15-7-10-28(26)16(15)18(23-19)24-29(2,3)27/h1,5,11-12H,6-10H2,2-3H3/t28-/m1/s1. The van der Waals surface area contributed by atoms with E-state index < -0.39 is 20.5 Å². The number of nitrogens with zero attached hydrogens (tertiary/aromatic N) is 6. The predicted molar refractivity (Wildman–Crippen MR) is 114 cm³/mol. The van der Waals surface area contributed by atoms with Crippen molar-refractivity contribution >= 4 is 37.9 Å². The largest absolute Gasteiger partial charge is 0.337 e. The van der Waals surface area contributed by atoms with Gasteiger partial charge in [-0.1, -0.05) is 12.0 Å². The van der Waals surface area contributed by atoms with E-state index in [1.54, 1.807) is 24.9 Å². The van der Waals surface area contributed by atoms with Gasteiger partial charge in [-0.05, 0) is 12.0 Å². The monoisotopic (exact) mass is 428 g/mol. The lowest BCUT2D eigenvalue weighted by Crippen LogP contribution is -2.30. The highest BCUT2D eigenvalue weighted by molar-refractivity contribution is 7.92. The normalized spacial score (nSPS) is 18.7. The molecule has 0 bridgehead atoms. The Morgan fingerprint density at radius 3 is 2.62 bits per heavy atom. The van der Waals surface area contributed by atoms with E-state index >= 15 is 0 Å². The van der Waals surface area contributed by atoms with Gasteiger partial charge in [0.05, 0.1) is 22.1 Å². The van der Waals surface area contributed by atoms with Crippen LogP contribution in [-0.4, -0.2) is 59.7 Å². The van der Waals surface area contributed by atoms with Gasteiger partial charge in [-0.15, -0.1) is 6.42 Å². The molecule has 1 atom stereocenters. The first kappa shape index (κ1) is 19.7. The fourth-order valence-electron chi connectivity index (χ4n) is 3.20. The minimum Gasteiger partial charge on any atom is -0.337 e. The van der Waals surface area contributed by atoms with Crippen LogP contribution >= 0.6 is 0 Å². The summed E-state index contributed by atoms with van der Waals surface area (Å²) in [7, 11) is -3.63. The molecule has 0 amide bonds. The van der Waals surface area contributed by atoms with Crippen molar-refractivity contribution in [2.75, 3.05) is 36.3 Å². The van der Waals surface area contributed by atoms with E-state index in [9.17, 15) is 8.42 Å². The third kappa shape index (κ3) is 4.21. The second kappa shape index (κ2) is 7.65. The molecule has 0 N–H and O–H groups in total. The maximum absolute atomic E-state index is 12.3. The van der Waals surface area contributed by atoms with Crippen LogP contribution in [0.5, 0.6) is 0 Å². The molecule has 29 heavy (non-hydrogen) atoms. The lowest BCUT2D eigenvalue weighted by Gasteiger charge is -2.26. The molecule has 2 aromatic heterocycles. The average molecular weight is 429 g/mol. The molecular formula is C19H20N6O2S2. The quantitative estimate of drug-likeness (QED) is 0.684. The molecule has 0 fully saturated rings. The summed E-state index contributed by atoms with van der Waals surface area (Å²) in [6, 6.07) is 0. The lowest BCUT2D eigenvalue weighted by atomic mass is 10.1. The van der Waals surface area contributed by atoms with Crippen LogP contribution in [0.25, 0.3) is 5.57 Å². The number of hydrogen-bond donors (Lipinski definition) is 0. The van der Waals surface area contributed by atoms with Gasteiger partial charge in [0.1, 0.15) is 4.90 Å². The summed E-state index contributed by atoms with van der Waals surface area (Å²) in [6.45, 7) is 1.27. The van der Waals surface area contributed by atoms with Gasteiger partial charge in [0.2, 0.25) is 5.95 Å². The third-order valence-electron chi connectivity index (χ3n) is 4.56. The zero-order chi connectivity index (χ0) is 20.6. The fourth-order valence-corrected chi connectivity index (χ4v) is 5.09. The fraction of sp³-hybridized carbons (Fsp3) is 0.368. The molecule has 0 aliphatic carbocycles. The third-order valence-corrected chi connectivity index (χ3v) is 6.62. The first-order chi connectivity index (χ1) is 13.8. The Morgan fingerprint density at radius 1 is 1.24 bits per heavy atom.